The van der Waals surface area contributed by atoms with Gasteiger partial charge in [-0.2, -0.15) is 5.26 Å². The first kappa shape index (κ1) is 16.5. The van der Waals surface area contributed by atoms with Crippen molar-refractivity contribution in [1.29, 1.82) is 5.26 Å². The molecule has 25 heavy (non-hydrogen) atoms. The van der Waals surface area contributed by atoms with E-state index >= 15 is 0 Å². The van der Waals surface area contributed by atoms with Crippen LogP contribution in [0.25, 0.3) is 0 Å². The summed E-state index contributed by atoms with van der Waals surface area (Å²) < 4.78 is 5.70. The van der Waals surface area contributed by atoms with Gasteiger partial charge in [0.1, 0.15) is 17.5 Å². The van der Waals surface area contributed by atoms with E-state index in [0.717, 1.165) is 4.90 Å². The van der Waals surface area contributed by atoms with Crippen LogP contribution in [0, 0.1) is 11.3 Å². The van der Waals surface area contributed by atoms with Gasteiger partial charge >= 0.3 is 5.97 Å². The Balaban J connectivity index is 1.97. The minimum atomic E-state index is -1.48. The maximum absolute atomic E-state index is 12.5. The zero-order valence-electron chi connectivity index (χ0n) is 13.0. The molecule has 3 rings (SSSR count). The second kappa shape index (κ2) is 6.63. The van der Waals surface area contributed by atoms with Crippen molar-refractivity contribution in [2.45, 2.75) is 12.1 Å². The topological polar surface area (TPSA) is 111 Å². The van der Waals surface area contributed by atoms with Gasteiger partial charge in [0, 0.05) is 11.1 Å². The summed E-state index contributed by atoms with van der Waals surface area (Å²) in [7, 11) is 0. The Bertz CT molecular complexity index is 860. The van der Waals surface area contributed by atoms with Gasteiger partial charge in [0.2, 0.25) is 0 Å². The van der Waals surface area contributed by atoms with Crippen LogP contribution < -0.4 is 4.74 Å². The quantitative estimate of drug-likeness (QED) is 0.862. The number of hydrogen-bond acceptors (Lipinski definition) is 5. The van der Waals surface area contributed by atoms with Crippen LogP contribution in [0.3, 0.4) is 0 Å². The van der Waals surface area contributed by atoms with E-state index in [4.69, 9.17) is 4.74 Å². The molecule has 7 nitrogen and oxygen atoms in total. The van der Waals surface area contributed by atoms with Gasteiger partial charge in [0.15, 0.2) is 6.04 Å². The molecule has 2 atom stereocenters. The summed E-state index contributed by atoms with van der Waals surface area (Å²) in [4.78, 5) is 24.7. The number of amides is 1. The Hall–Kier alpha value is -3.37. The maximum Gasteiger partial charge on any atom is 0.328 e. The van der Waals surface area contributed by atoms with E-state index in [1.165, 1.54) is 6.07 Å². The minimum Gasteiger partial charge on any atom is -0.480 e. The molecule has 0 fully saturated rings. The summed E-state index contributed by atoms with van der Waals surface area (Å²) in [6.45, 7) is -0.777. The average molecular weight is 338 g/mol. The first-order chi connectivity index (χ1) is 12.1. The number of nitrogens with zero attached hydrogens (tertiary/aromatic N) is 2. The van der Waals surface area contributed by atoms with Crippen LogP contribution in [-0.4, -0.2) is 39.6 Å². The van der Waals surface area contributed by atoms with E-state index in [2.05, 4.69) is 0 Å². The van der Waals surface area contributed by atoms with Crippen molar-refractivity contribution in [3.8, 4) is 17.6 Å². The van der Waals surface area contributed by atoms with Crippen LogP contribution in [0.5, 0.6) is 11.5 Å². The molecule has 0 spiro atoms. The van der Waals surface area contributed by atoms with E-state index in [9.17, 15) is 25.1 Å². The number of nitriles is 1. The number of aliphatic hydroxyl groups is 1. The highest BCUT2D eigenvalue weighted by Gasteiger charge is 2.43. The lowest BCUT2D eigenvalue weighted by atomic mass is 10.0. The molecule has 1 aliphatic heterocycles. The second-order valence-electron chi connectivity index (χ2n) is 5.44. The first-order valence-corrected chi connectivity index (χ1v) is 7.49. The van der Waals surface area contributed by atoms with Crippen LogP contribution in [0.2, 0.25) is 0 Å². The minimum absolute atomic E-state index is 0.228. The smallest absolute Gasteiger partial charge is 0.328 e. The number of rotatable bonds is 5. The Morgan fingerprint density at radius 1 is 1.24 bits per heavy atom. The molecule has 0 saturated heterocycles. The largest absolute Gasteiger partial charge is 0.480 e. The standard InChI is InChI=1S/C18H14N2O5/c19-9-15-14-8-12(25-11-4-2-1-3-5-11)6-7-13(14)17(22)20(15)16(10-21)18(23)24/h1-8,15-16,21H,10H2,(H,23,24). The molecule has 0 saturated carbocycles. The maximum atomic E-state index is 12.5. The summed E-state index contributed by atoms with van der Waals surface area (Å²) in [6.07, 6.45) is 0. The van der Waals surface area contributed by atoms with Crippen LogP contribution in [0.1, 0.15) is 22.0 Å². The molecular weight excluding hydrogens is 324 g/mol. The third kappa shape index (κ3) is 2.91. The second-order valence-corrected chi connectivity index (χ2v) is 5.44. The van der Waals surface area contributed by atoms with Gasteiger partial charge in [-0.05, 0) is 30.3 Å². The van der Waals surface area contributed by atoms with Crippen molar-refractivity contribution in [3.05, 3.63) is 59.7 Å². The summed E-state index contributed by atoms with van der Waals surface area (Å²) >= 11 is 0. The van der Waals surface area contributed by atoms with E-state index in [-0.39, 0.29) is 5.56 Å². The molecule has 1 aliphatic rings. The predicted octanol–water partition coefficient (Wildman–Crippen LogP) is 1.94. The van der Waals surface area contributed by atoms with Crippen LogP contribution in [-0.2, 0) is 4.79 Å². The van der Waals surface area contributed by atoms with E-state index in [1.807, 2.05) is 24.3 Å². The number of carbonyl (C=O) groups excluding carboxylic acids is 1. The highest BCUT2D eigenvalue weighted by Crippen LogP contribution is 2.37. The molecule has 0 aliphatic carbocycles. The van der Waals surface area contributed by atoms with E-state index < -0.39 is 30.6 Å². The molecule has 126 valence electrons. The van der Waals surface area contributed by atoms with Gasteiger partial charge in [0.05, 0.1) is 12.7 Å². The lowest BCUT2D eigenvalue weighted by Gasteiger charge is -2.25. The average Bonchev–Trinajstić information content (AvgIpc) is 2.88. The lowest BCUT2D eigenvalue weighted by Crippen LogP contribution is -2.45. The van der Waals surface area contributed by atoms with Crippen molar-refractivity contribution in [3.63, 3.8) is 0 Å². The summed E-state index contributed by atoms with van der Waals surface area (Å²) in [5, 5.41) is 28.0. The number of aliphatic hydroxyl groups excluding tert-OH is 1. The normalized spacial score (nSPS) is 16.9. The fraction of sp³-hybridized carbons (Fsp3) is 0.167. The monoisotopic (exact) mass is 338 g/mol. The van der Waals surface area contributed by atoms with Crippen molar-refractivity contribution in [1.82, 2.24) is 4.90 Å². The molecule has 2 aromatic rings. The molecule has 1 heterocycles. The predicted molar refractivity (Wildman–Crippen MR) is 86.0 cm³/mol. The fourth-order valence-corrected chi connectivity index (χ4v) is 2.79. The molecular formula is C18H14N2O5. The summed E-state index contributed by atoms with van der Waals surface area (Å²) in [5.74, 6) is -0.953. The van der Waals surface area contributed by atoms with Crippen molar-refractivity contribution >= 4 is 11.9 Å². The van der Waals surface area contributed by atoms with Crippen LogP contribution >= 0.6 is 0 Å². The van der Waals surface area contributed by atoms with Gasteiger partial charge in [-0.25, -0.2) is 4.79 Å². The fourth-order valence-electron chi connectivity index (χ4n) is 2.79. The van der Waals surface area contributed by atoms with Gasteiger partial charge in [-0.3, -0.25) is 4.79 Å². The first-order valence-electron chi connectivity index (χ1n) is 7.49. The zero-order valence-corrected chi connectivity index (χ0v) is 13.0. The number of hydrogen-bond donors (Lipinski definition) is 2. The van der Waals surface area contributed by atoms with Crippen molar-refractivity contribution in [2.75, 3.05) is 6.61 Å². The highest BCUT2D eigenvalue weighted by atomic mass is 16.5. The number of ether oxygens (including phenoxy) is 1. The molecule has 0 aromatic heterocycles. The Kier molecular flexibility index (Phi) is 4.37. The third-order valence-electron chi connectivity index (χ3n) is 3.96. The number of benzene rings is 2. The zero-order chi connectivity index (χ0) is 18.0. The summed E-state index contributed by atoms with van der Waals surface area (Å²) in [5.41, 5.74) is 0.590. The van der Waals surface area contributed by atoms with Gasteiger partial charge in [-0.1, -0.05) is 18.2 Å². The summed E-state index contributed by atoms with van der Waals surface area (Å²) in [6, 6.07) is 13.0. The Morgan fingerprint density at radius 3 is 2.56 bits per heavy atom. The van der Waals surface area contributed by atoms with Gasteiger partial charge < -0.3 is 19.8 Å². The molecule has 7 heteroatoms. The van der Waals surface area contributed by atoms with Gasteiger partial charge in [0.25, 0.3) is 5.91 Å². The number of carbonyl (C=O) groups is 2. The number of carboxylic acids is 1. The molecule has 0 radical (unpaired) electrons. The van der Waals surface area contributed by atoms with Crippen LogP contribution in [0.4, 0.5) is 0 Å². The van der Waals surface area contributed by atoms with E-state index in [1.54, 1.807) is 24.3 Å². The van der Waals surface area contributed by atoms with Crippen molar-refractivity contribution in [2.24, 2.45) is 0 Å². The highest BCUT2D eigenvalue weighted by molar-refractivity contribution is 6.02. The van der Waals surface area contributed by atoms with Crippen LogP contribution in [0.15, 0.2) is 48.5 Å². The van der Waals surface area contributed by atoms with Gasteiger partial charge in [-0.15, -0.1) is 0 Å². The SMILES string of the molecule is N#CC1c2cc(Oc3ccccc3)ccc2C(=O)N1C(CO)C(=O)O. The number of carboxylic acid groups (broad SMARTS) is 1. The molecule has 1 amide bonds. The molecule has 2 N–H and O–H groups in total. The third-order valence-corrected chi connectivity index (χ3v) is 3.96. The molecule has 2 aromatic carbocycles. The number of aliphatic carboxylic acids is 1. The Labute approximate surface area is 143 Å². The molecule has 0 bridgehead atoms. The number of fused-ring (bicyclic) bond motifs is 1. The number of para-hydroxylation sites is 1. The Morgan fingerprint density at radius 2 is 1.96 bits per heavy atom. The van der Waals surface area contributed by atoms with Crippen molar-refractivity contribution < 1.29 is 24.5 Å². The lowest BCUT2D eigenvalue weighted by molar-refractivity contribution is -0.144. The molecule has 2 unspecified atom stereocenters. The van der Waals surface area contributed by atoms with E-state index in [0.29, 0.717) is 17.1 Å².